The van der Waals surface area contributed by atoms with Crippen LogP contribution in [0.2, 0.25) is 0 Å². The van der Waals surface area contributed by atoms with E-state index in [1.807, 2.05) is 0 Å². The van der Waals surface area contributed by atoms with Crippen molar-refractivity contribution in [3.63, 3.8) is 0 Å². The molecule has 0 heterocycles. The summed E-state index contributed by atoms with van der Waals surface area (Å²) in [6, 6.07) is 0. The molecule has 0 aromatic heterocycles. The summed E-state index contributed by atoms with van der Waals surface area (Å²) in [5.41, 5.74) is 0. The second kappa shape index (κ2) is 9.16. The molecule has 0 bridgehead atoms. The quantitative estimate of drug-likeness (QED) is 0.196. The summed E-state index contributed by atoms with van der Waals surface area (Å²) in [7, 11) is -10.3. The minimum atomic E-state index is -5.17. The molecule has 12 heavy (non-hydrogen) atoms. The fraction of sp³-hybridized carbons (Fsp3) is 0. The molecular formula is CdHgO8S2. The largest absolute Gasteiger partial charge is 2.00 e. The van der Waals surface area contributed by atoms with Gasteiger partial charge in [0, 0.05) is 20.8 Å². The molecule has 0 atom stereocenters. The van der Waals surface area contributed by atoms with Crippen molar-refractivity contribution >= 4 is 20.8 Å². The van der Waals surface area contributed by atoms with Crippen molar-refractivity contribution in [2.45, 2.75) is 0 Å². The maximum Gasteiger partial charge on any atom is 2.00 e. The van der Waals surface area contributed by atoms with E-state index >= 15 is 0 Å². The molecular weight excluding hydrogens is 505 g/mol. The van der Waals surface area contributed by atoms with E-state index in [4.69, 9.17) is 35.0 Å². The topological polar surface area (TPSA) is 161 Å². The zero-order chi connectivity index (χ0) is 9.00. The monoisotopic (exact) mass is 508 g/mol. The summed E-state index contributed by atoms with van der Waals surface area (Å²) in [6.07, 6.45) is 0. The van der Waals surface area contributed by atoms with Crippen LogP contribution in [0.15, 0.2) is 0 Å². The summed E-state index contributed by atoms with van der Waals surface area (Å²) in [4.78, 5) is 0. The Kier molecular flexibility index (Phi) is 17.9. The Labute approximate surface area is 110 Å². The minimum Gasteiger partial charge on any atom is -0.759 e. The van der Waals surface area contributed by atoms with Gasteiger partial charge in [-0.15, -0.1) is 0 Å². The number of rotatable bonds is 0. The average molecular weight is 505 g/mol. The zero-order valence-corrected chi connectivity index (χ0v) is 16.7. The van der Waals surface area contributed by atoms with E-state index in [2.05, 4.69) is 0 Å². The van der Waals surface area contributed by atoms with E-state index in [0.29, 0.717) is 0 Å². The van der Waals surface area contributed by atoms with Gasteiger partial charge in [-0.25, -0.2) is 0 Å². The summed E-state index contributed by atoms with van der Waals surface area (Å²) < 4.78 is 68.2. The van der Waals surface area contributed by atoms with Gasteiger partial charge in [-0.05, 0) is 0 Å². The van der Waals surface area contributed by atoms with Gasteiger partial charge in [0.05, 0.1) is 0 Å². The number of hydrogen-bond donors (Lipinski definition) is 0. The van der Waals surface area contributed by atoms with Gasteiger partial charge in [-0.3, -0.25) is 16.8 Å². The second-order valence-corrected chi connectivity index (χ2v) is 2.45. The molecule has 0 amide bonds. The van der Waals surface area contributed by atoms with Gasteiger partial charge in [-0.1, -0.05) is 0 Å². The Hall–Kier alpha value is 1.60. The molecule has 12 heteroatoms. The van der Waals surface area contributed by atoms with Gasteiger partial charge in [0.15, 0.2) is 0 Å². The maximum atomic E-state index is 8.52. The molecule has 0 saturated carbocycles. The van der Waals surface area contributed by atoms with Crippen molar-refractivity contribution < 1.29 is 90.0 Å². The Morgan fingerprint density at radius 2 is 0.667 bits per heavy atom. The van der Waals surface area contributed by atoms with Crippen molar-refractivity contribution in [2.75, 3.05) is 0 Å². The van der Waals surface area contributed by atoms with Gasteiger partial charge < -0.3 is 18.2 Å². The van der Waals surface area contributed by atoms with E-state index in [0.717, 1.165) is 0 Å². The van der Waals surface area contributed by atoms with Gasteiger partial charge in [-0.2, -0.15) is 0 Å². The second-order valence-electron chi connectivity index (χ2n) is 0.816. The van der Waals surface area contributed by atoms with Crippen molar-refractivity contribution in [1.82, 2.24) is 0 Å². The SMILES string of the molecule is O=S(=O)([O-])[O-].O=S(=O)([O-])[O-].[Cd+2].[Hg+2]. The van der Waals surface area contributed by atoms with Gasteiger partial charge in [0.1, 0.15) is 0 Å². The van der Waals surface area contributed by atoms with E-state index < -0.39 is 20.8 Å². The predicted molar refractivity (Wildman–Crippen MR) is 20.9 cm³/mol. The summed E-state index contributed by atoms with van der Waals surface area (Å²) in [5.74, 6) is 0. The van der Waals surface area contributed by atoms with Crippen LogP contribution >= 0.6 is 0 Å². The summed E-state index contributed by atoms with van der Waals surface area (Å²) in [5, 5.41) is 0. The molecule has 0 saturated heterocycles. The molecule has 0 spiro atoms. The van der Waals surface area contributed by atoms with Gasteiger partial charge in [0.2, 0.25) is 0 Å². The Bertz CT molecular complexity index is 213. The first-order chi connectivity index (χ1) is 4.00. The summed E-state index contributed by atoms with van der Waals surface area (Å²) >= 11 is 0. The third-order valence-corrected chi connectivity index (χ3v) is 0. The molecule has 64 valence electrons. The van der Waals surface area contributed by atoms with Crippen molar-refractivity contribution in [3.8, 4) is 0 Å². The molecule has 0 aliphatic carbocycles. The van der Waals surface area contributed by atoms with Crippen LogP contribution in [0.3, 0.4) is 0 Å². The van der Waals surface area contributed by atoms with Crippen LogP contribution in [0.4, 0.5) is 0 Å². The molecule has 0 radical (unpaired) electrons. The Morgan fingerprint density at radius 1 is 0.667 bits per heavy atom. The van der Waals surface area contributed by atoms with Crippen molar-refractivity contribution in [3.05, 3.63) is 0 Å². The first-order valence-corrected chi connectivity index (χ1v) is 4.00. The van der Waals surface area contributed by atoms with E-state index in [9.17, 15) is 0 Å². The first kappa shape index (κ1) is 23.4. The standard InChI is InChI=1S/Cd.Hg.2H2O4S/c;;2*1-5(2,3)4/h;;2*(H2,1,2,3,4)/q2*+2;;/p-4. The van der Waals surface area contributed by atoms with Crippen LogP contribution in [0.25, 0.3) is 0 Å². The fourth-order valence-corrected chi connectivity index (χ4v) is 0. The van der Waals surface area contributed by atoms with E-state index in [1.54, 1.807) is 0 Å². The molecule has 0 N–H and O–H groups in total. The Morgan fingerprint density at radius 3 is 0.667 bits per heavy atom. The smallest absolute Gasteiger partial charge is 0.759 e. The van der Waals surface area contributed by atoms with Crippen LogP contribution < -0.4 is 0 Å². The molecule has 8 nitrogen and oxygen atoms in total. The molecule has 0 aromatic carbocycles. The van der Waals surface area contributed by atoms with Gasteiger partial charge >= 0.3 is 55.0 Å². The van der Waals surface area contributed by atoms with Crippen LogP contribution in [-0.4, -0.2) is 35.0 Å². The van der Waals surface area contributed by atoms with E-state index in [1.165, 1.54) is 0 Å². The van der Waals surface area contributed by atoms with E-state index in [-0.39, 0.29) is 55.0 Å². The molecule has 0 aromatic rings. The Balaban J connectivity index is -0.0000000457. The van der Waals surface area contributed by atoms with Gasteiger partial charge in [0.25, 0.3) is 0 Å². The van der Waals surface area contributed by atoms with Crippen LogP contribution in [0, 0.1) is 0 Å². The normalized spacial score (nSPS) is 9.67. The molecule has 0 unspecified atom stereocenters. The van der Waals surface area contributed by atoms with Crippen molar-refractivity contribution in [2.24, 2.45) is 0 Å². The third-order valence-electron chi connectivity index (χ3n) is 0. The number of hydrogen-bond acceptors (Lipinski definition) is 8. The van der Waals surface area contributed by atoms with Crippen LogP contribution in [-0.2, 0) is 75.8 Å². The molecule has 0 aliphatic rings. The minimum absolute atomic E-state index is 0. The molecule has 0 aliphatic heterocycles. The average Bonchev–Trinajstić information content (AvgIpc) is 1.12. The molecule has 0 fully saturated rings. The zero-order valence-electron chi connectivity index (χ0n) is 5.50. The van der Waals surface area contributed by atoms with Crippen LogP contribution in [0.5, 0.6) is 0 Å². The van der Waals surface area contributed by atoms with Crippen molar-refractivity contribution in [1.29, 1.82) is 0 Å². The third kappa shape index (κ3) is 511. The summed E-state index contributed by atoms with van der Waals surface area (Å²) in [6.45, 7) is 0. The first-order valence-electron chi connectivity index (χ1n) is 1.33. The molecule has 0 rings (SSSR count). The maximum absolute atomic E-state index is 8.52. The van der Waals surface area contributed by atoms with Crippen LogP contribution in [0.1, 0.15) is 0 Å². The predicted octanol–water partition coefficient (Wildman–Crippen LogP) is -2.68. The fourth-order valence-electron chi connectivity index (χ4n) is 0.